The summed E-state index contributed by atoms with van der Waals surface area (Å²) in [4.78, 5) is 35.1. The first kappa shape index (κ1) is 18.9. The highest BCUT2D eigenvalue weighted by atomic mass is 16.5. The maximum Gasteiger partial charge on any atom is 0.306 e. The Bertz CT molecular complexity index is 580. The SMILES string of the molecule is CCC(C)NC(=O)COC(=O)CCC(=O)c1ccc(C)c(C)c1. The molecular formula is C18H25NO4. The Kier molecular flexibility index (Phi) is 7.45. The van der Waals surface area contributed by atoms with Crippen molar-refractivity contribution in [1.29, 1.82) is 0 Å². The maximum atomic E-state index is 12.0. The normalized spacial score (nSPS) is 11.7. The van der Waals surface area contributed by atoms with Crippen LogP contribution in [-0.2, 0) is 14.3 Å². The van der Waals surface area contributed by atoms with E-state index < -0.39 is 5.97 Å². The number of carbonyl (C=O) groups is 3. The highest BCUT2D eigenvalue weighted by molar-refractivity contribution is 5.97. The third-order valence-corrected chi connectivity index (χ3v) is 3.77. The molecule has 0 aliphatic heterocycles. The first-order valence-electron chi connectivity index (χ1n) is 7.89. The number of amides is 1. The summed E-state index contributed by atoms with van der Waals surface area (Å²) in [5.41, 5.74) is 2.75. The van der Waals surface area contributed by atoms with Gasteiger partial charge in [0.25, 0.3) is 5.91 Å². The van der Waals surface area contributed by atoms with Gasteiger partial charge >= 0.3 is 5.97 Å². The Labute approximate surface area is 137 Å². The number of Topliss-reactive ketones (excluding diaryl/α,β-unsaturated/α-hetero) is 1. The largest absolute Gasteiger partial charge is 0.456 e. The highest BCUT2D eigenvalue weighted by Gasteiger charge is 2.13. The van der Waals surface area contributed by atoms with Crippen LogP contribution >= 0.6 is 0 Å². The molecular weight excluding hydrogens is 294 g/mol. The molecule has 0 bridgehead atoms. The monoisotopic (exact) mass is 319 g/mol. The molecule has 0 spiro atoms. The number of esters is 1. The topological polar surface area (TPSA) is 72.5 Å². The van der Waals surface area contributed by atoms with E-state index in [2.05, 4.69) is 5.32 Å². The average Bonchev–Trinajstić information content (AvgIpc) is 2.52. The van der Waals surface area contributed by atoms with Gasteiger partial charge in [-0.15, -0.1) is 0 Å². The van der Waals surface area contributed by atoms with E-state index in [1.54, 1.807) is 6.07 Å². The average molecular weight is 319 g/mol. The van der Waals surface area contributed by atoms with E-state index in [1.165, 1.54) is 0 Å². The van der Waals surface area contributed by atoms with Crippen LogP contribution in [0.5, 0.6) is 0 Å². The summed E-state index contributed by atoms with van der Waals surface area (Å²) >= 11 is 0. The molecule has 0 fully saturated rings. The third kappa shape index (κ3) is 6.63. The van der Waals surface area contributed by atoms with Crippen molar-refractivity contribution in [1.82, 2.24) is 5.32 Å². The van der Waals surface area contributed by atoms with Crippen LogP contribution in [0.4, 0.5) is 0 Å². The van der Waals surface area contributed by atoms with Gasteiger partial charge in [-0.05, 0) is 44.4 Å². The van der Waals surface area contributed by atoms with Gasteiger partial charge in [0.15, 0.2) is 12.4 Å². The van der Waals surface area contributed by atoms with Crippen molar-refractivity contribution >= 4 is 17.7 Å². The first-order valence-corrected chi connectivity index (χ1v) is 7.89. The lowest BCUT2D eigenvalue weighted by molar-refractivity contribution is -0.148. The van der Waals surface area contributed by atoms with E-state index in [-0.39, 0.29) is 37.2 Å². The second-order valence-electron chi connectivity index (χ2n) is 5.76. The van der Waals surface area contributed by atoms with E-state index in [0.717, 1.165) is 17.5 Å². The number of nitrogens with one attached hydrogen (secondary N) is 1. The van der Waals surface area contributed by atoms with E-state index in [9.17, 15) is 14.4 Å². The Morgan fingerprint density at radius 3 is 2.43 bits per heavy atom. The van der Waals surface area contributed by atoms with Gasteiger partial charge in [0.05, 0.1) is 6.42 Å². The number of ether oxygens (including phenoxy) is 1. The molecule has 1 rings (SSSR count). The molecule has 0 saturated carbocycles. The molecule has 0 heterocycles. The maximum absolute atomic E-state index is 12.0. The van der Waals surface area contributed by atoms with Crippen molar-refractivity contribution < 1.29 is 19.1 Å². The lowest BCUT2D eigenvalue weighted by atomic mass is 10.0. The fourth-order valence-corrected chi connectivity index (χ4v) is 1.91. The lowest BCUT2D eigenvalue weighted by Crippen LogP contribution is -2.35. The van der Waals surface area contributed by atoms with Crippen molar-refractivity contribution in [2.75, 3.05) is 6.61 Å². The zero-order valence-corrected chi connectivity index (χ0v) is 14.3. The Hall–Kier alpha value is -2.17. The van der Waals surface area contributed by atoms with E-state index in [4.69, 9.17) is 4.74 Å². The van der Waals surface area contributed by atoms with Crippen molar-refractivity contribution in [3.05, 3.63) is 34.9 Å². The zero-order chi connectivity index (χ0) is 17.4. The van der Waals surface area contributed by atoms with Gasteiger partial charge in [-0.3, -0.25) is 14.4 Å². The zero-order valence-electron chi connectivity index (χ0n) is 14.3. The minimum atomic E-state index is -0.540. The molecule has 23 heavy (non-hydrogen) atoms. The molecule has 1 N–H and O–H groups in total. The number of ketones is 1. The summed E-state index contributed by atoms with van der Waals surface area (Å²) in [6.45, 7) is 7.44. The molecule has 1 atom stereocenters. The van der Waals surface area contributed by atoms with Crippen molar-refractivity contribution in [3.63, 3.8) is 0 Å². The van der Waals surface area contributed by atoms with Gasteiger partial charge in [0.1, 0.15) is 0 Å². The molecule has 5 nitrogen and oxygen atoms in total. The Morgan fingerprint density at radius 1 is 1.13 bits per heavy atom. The van der Waals surface area contributed by atoms with Gasteiger partial charge in [-0.1, -0.05) is 19.1 Å². The van der Waals surface area contributed by atoms with E-state index in [1.807, 2.05) is 39.8 Å². The first-order chi connectivity index (χ1) is 10.8. The minimum absolute atomic E-state index is 0.0254. The second-order valence-corrected chi connectivity index (χ2v) is 5.76. The third-order valence-electron chi connectivity index (χ3n) is 3.77. The number of hydrogen-bond donors (Lipinski definition) is 1. The van der Waals surface area contributed by atoms with Crippen LogP contribution < -0.4 is 5.32 Å². The van der Waals surface area contributed by atoms with E-state index in [0.29, 0.717) is 5.56 Å². The van der Waals surface area contributed by atoms with Gasteiger partial charge in [-0.25, -0.2) is 0 Å². The van der Waals surface area contributed by atoms with Crippen LogP contribution in [0.15, 0.2) is 18.2 Å². The summed E-state index contributed by atoms with van der Waals surface area (Å²) in [6, 6.07) is 5.52. The Morgan fingerprint density at radius 2 is 1.83 bits per heavy atom. The second kappa shape index (κ2) is 9.08. The van der Waals surface area contributed by atoms with Crippen LogP contribution in [0.1, 0.15) is 54.6 Å². The van der Waals surface area contributed by atoms with Crippen molar-refractivity contribution in [2.45, 2.75) is 53.0 Å². The Balaban J connectivity index is 2.36. The minimum Gasteiger partial charge on any atom is -0.456 e. The van der Waals surface area contributed by atoms with Crippen LogP contribution in [0.2, 0.25) is 0 Å². The number of benzene rings is 1. The van der Waals surface area contributed by atoms with Crippen LogP contribution in [0.3, 0.4) is 0 Å². The van der Waals surface area contributed by atoms with Crippen molar-refractivity contribution in [2.24, 2.45) is 0 Å². The molecule has 0 saturated heterocycles. The number of hydrogen-bond acceptors (Lipinski definition) is 4. The smallest absolute Gasteiger partial charge is 0.306 e. The molecule has 1 aromatic carbocycles. The van der Waals surface area contributed by atoms with E-state index >= 15 is 0 Å². The van der Waals surface area contributed by atoms with Crippen LogP contribution in [0, 0.1) is 13.8 Å². The standard InChI is InChI=1S/C18H25NO4/c1-5-14(4)19-17(21)11-23-18(22)9-8-16(20)15-7-6-12(2)13(3)10-15/h6-7,10,14H,5,8-9,11H2,1-4H3,(H,19,21). The number of aryl methyl sites for hydroxylation is 2. The molecule has 0 aromatic heterocycles. The summed E-state index contributed by atoms with van der Waals surface area (Å²) < 4.78 is 4.88. The predicted octanol–water partition coefficient (Wildman–Crippen LogP) is 2.72. The molecule has 1 amide bonds. The predicted molar refractivity (Wildman–Crippen MR) is 88.3 cm³/mol. The van der Waals surface area contributed by atoms with Gasteiger partial charge in [0.2, 0.25) is 0 Å². The van der Waals surface area contributed by atoms with Gasteiger partial charge in [0, 0.05) is 18.0 Å². The van der Waals surface area contributed by atoms with Crippen LogP contribution in [0.25, 0.3) is 0 Å². The molecule has 0 radical (unpaired) electrons. The number of carbonyl (C=O) groups excluding carboxylic acids is 3. The fraction of sp³-hybridized carbons (Fsp3) is 0.500. The highest BCUT2D eigenvalue weighted by Crippen LogP contribution is 2.12. The van der Waals surface area contributed by atoms with Crippen molar-refractivity contribution in [3.8, 4) is 0 Å². The summed E-state index contributed by atoms with van der Waals surface area (Å²) in [5.74, 6) is -0.969. The molecule has 126 valence electrons. The summed E-state index contributed by atoms with van der Waals surface area (Å²) in [5, 5.41) is 2.70. The lowest BCUT2D eigenvalue weighted by Gasteiger charge is -2.11. The van der Waals surface area contributed by atoms with Gasteiger partial charge in [-0.2, -0.15) is 0 Å². The fourth-order valence-electron chi connectivity index (χ4n) is 1.91. The molecule has 1 aromatic rings. The summed E-state index contributed by atoms with van der Waals surface area (Å²) in [6.07, 6.45) is 0.862. The summed E-state index contributed by atoms with van der Waals surface area (Å²) in [7, 11) is 0. The molecule has 0 aliphatic rings. The molecule has 0 aliphatic carbocycles. The quantitative estimate of drug-likeness (QED) is 0.591. The molecule has 1 unspecified atom stereocenters. The van der Waals surface area contributed by atoms with Gasteiger partial charge < -0.3 is 10.1 Å². The number of rotatable bonds is 8. The van der Waals surface area contributed by atoms with Crippen LogP contribution in [-0.4, -0.2) is 30.3 Å². The molecule has 5 heteroatoms.